The highest BCUT2D eigenvalue weighted by Crippen LogP contribution is 2.68. The predicted molar refractivity (Wildman–Crippen MR) is 160 cm³/mol. The minimum Gasteiger partial charge on any atom is -0.465 e. The van der Waals surface area contributed by atoms with Crippen LogP contribution in [-0.4, -0.2) is 94.9 Å². The molecule has 1 aromatic carbocycles. The summed E-state index contributed by atoms with van der Waals surface area (Å²) < 4.78 is 6.56. The summed E-state index contributed by atoms with van der Waals surface area (Å²) in [6, 6.07) is 6.76. The summed E-state index contributed by atoms with van der Waals surface area (Å²) in [5, 5.41) is 17.7. The molecule has 5 rings (SSSR count). The van der Waals surface area contributed by atoms with Crippen LogP contribution in [0.2, 0.25) is 0 Å². The number of hydrogen-bond acceptors (Lipinski definition) is 8. The van der Waals surface area contributed by atoms with Crippen molar-refractivity contribution in [3.8, 4) is 0 Å². The van der Waals surface area contributed by atoms with Gasteiger partial charge in [-0.2, -0.15) is 0 Å². The molecule has 2 bridgehead atoms. The number of unbranched alkanes of at least 4 members (excludes halogenated alkanes) is 2. The monoisotopic (exact) mass is 645 g/mol. The van der Waals surface area contributed by atoms with E-state index >= 15 is 0 Å². The zero-order valence-corrected chi connectivity index (χ0v) is 25.3. The standard InChI is InChI=1S/C29H36BrN5O5S/c1-3-5-10-16-40-28(39)22-23-26(37)34(14-8-9-15-36)25(29(23)17-19(30)24(22)41-29)27(38)33(13-4-2)18-35-21-12-7-6-11-20(21)31-32-35/h3-4,6-7,11-12,19,22-25,36H,1-2,5,8-10,13-18H2/t19?,22-,23+,24-,25?,29?/m1/s1. The molecule has 1 aromatic heterocycles. The highest BCUT2D eigenvalue weighted by molar-refractivity contribution is 9.09. The molecular formula is C29H36BrN5O5S. The lowest BCUT2D eigenvalue weighted by Gasteiger charge is -2.37. The maximum Gasteiger partial charge on any atom is 0.310 e. The fraction of sp³-hybridized carbons (Fsp3) is 0.552. The predicted octanol–water partition coefficient (Wildman–Crippen LogP) is 3.15. The zero-order valence-electron chi connectivity index (χ0n) is 22.9. The van der Waals surface area contributed by atoms with E-state index in [0.29, 0.717) is 32.2 Å². The average Bonchev–Trinajstić information content (AvgIpc) is 3.68. The highest BCUT2D eigenvalue weighted by Gasteiger charge is 2.76. The lowest BCUT2D eigenvalue weighted by molar-refractivity contribution is -0.154. The highest BCUT2D eigenvalue weighted by atomic mass is 79.9. The number of rotatable bonds is 14. The van der Waals surface area contributed by atoms with Crippen LogP contribution in [0.15, 0.2) is 49.6 Å². The molecule has 220 valence electrons. The molecule has 0 saturated carbocycles. The second-order valence-electron chi connectivity index (χ2n) is 10.8. The number of nitrogens with zero attached hydrogens (tertiary/aromatic N) is 5. The van der Waals surface area contributed by atoms with Crippen LogP contribution in [0.4, 0.5) is 0 Å². The third kappa shape index (κ3) is 5.34. The molecule has 0 aliphatic carbocycles. The van der Waals surface area contributed by atoms with Gasteiger partial charge in [-0.15, -0.1) is 30.0 Å². The van der Waals surface area contributed by atoms with Crippen LogP contribution in [-0.2, 0) is 25.8 Å². The number of ether oxygens (including phenoxy) is 1. The number of likely N-dealkylation sites (tertiary alicyclic amines) is 1. The molecular weight excluding hydrogens is 610 g/mol. The molecule has 2 aromatic rings. The molecule has 4 heterocycles. The summed E-state index contributed by atoms with van der Waals surface area (Å²) in [4.78, 5) is 45.4. The van der Waals surface area contributed by atoms with E-state index in [0.717, 1.165) is 17.5 Å². The summed E-state index contributed by atoms with van der Waals surface area (Å²) in [5.41, 5.74) is 1.52. The van der Waals surface area contributed by atoms with Crippen molar-refractivity contribution in [2.75, 3.05) is 26.3 Å². The SMILES string of the molecule is C=CCCCOC(=O)[C@H]1[C@@H]2SC3(CC2Br)C(C(=O)N(CC=C)Cn2nnc4ccccc42)N(CCCCO)C(=O)[C@H]13. The first-order chi connectivity index (χ1) is 19.9. The maximum absolute atomic E-state index is 14.6. The number of carbonyl (C=O) groups is 3. The van der Waals surface area contributed by atoms with Crippen LogP contribution in [0.25, 0.3) is 11.0 Å². The molecule has 1 spiro atoms. The van der Waals surface area contributed by atoms with Gasteiger partial charge in [-0.25, -0.2) is 4.68 Å². The van der Waals surface area contributed by atoms with E-state index in [1.807, 2.05) is 24.3 Å². The van der Waals surface area contributed by atoms with Crippen LogP contribution in [0, 0.1) is 11.8 Å². The number of aromatic nitrogens is 3. The van der Waals surface area contributed by atoms with E-state index in [1.54, 1.807) is 38.4 Å². The van der Waals surface area contributed by atoms with Gasteiger partial charge in [0.05, 0.1) is 28.7 Å². The van der Waals surface area contributed by atoms with Gasteiger partial charge < -0.3 is 19.6 Å². The maximum atomic E-state index is 14.6. The third-order valence-corrected chi connectivity index (χ3v) is 11.5. The Hall–Kier alpha value is -2.70. The van der Waals surface area contributed by atoms with Crippen molar-refractivity contribution in [1.29, 1.82) is 0 Å². The molecule has 3 saturated heterocycles. The van der Waals surface area contributed by atoms with Gasteiger partial charge >= 0.3 is 5.97 Å². The molecule has 3 unspecified atom stereocenters. The molecule has 10 nitrogen and oxygen atoms in total. The normalized spacial score (nSPS) is 28.2. The number of thioether (sulfide) groups is 1. The fourth-order valence-electron chi connectivity index (χ4n) is 6.54. The molecule has 3 fully saturated rings. The number of benzene rings is 1. The molecule has 3 aliphatic heterocycles. The Kier molecular flexibility index (Phi) is 9.20. The van der Waals surface area contributed by atoms with E-state index in [-0.39, 0.29) is 54.3 Å². The number of esters is 1. The molecule has 2 amide bonds. The summed E-state index contributed by atoms with van der Waals surface area (Å²) in [6.07, 6.45) is 6.49. The van der Waals surface area contributed by atoms with Crippen LogP contribution in [0.1, 0.15) is 32.1 Å². The van der Waals surface area contributed by atoms with E-state index in [2.05, 4.69) is 39.4 Å². The lowest BCUT2D eigenvalue weighted by atomic mass is 9.71. The Labute approximate surface area is 252 Å². The van der Waals surface area contributed by atoms with E-state index in [9.17, 15) is 19.5 Å². The van der Waals surface area contributed by atoms with Crippen molar-refractivity contribution in [3.63, 3.8) is 0 Å². The number of aliphatic hydroxyl groups excluding tert-OH is 1. The zero-order chi connectivity index (χ0) is 29.1. The van der Waals surface area contributed by atoms with Crippen molar-refractivity contribution in [2.24, 2.45) is 11.8 Å². The van der Waals surface area contributed by atoms with Crippen molar-refractivity contribution in [3.05, 3.63) is 49.6 Å². The summed E-state index contributed by atoms with van der Waals surface area (Å²) in [7, 11) is 0. The Morgan fingerprint density at radius 2 is 2.05 bits per heavy atom. The second-order valence-corrected chi connectivity index (χ2v) is 13.5. The van der Waals surface area contributed by atoms with Crippen LogP contribution in [0.3, 0.4) is 0 Å². The van der Waals surface area contributed by atoms with Gasteiger partial charge in [-0.3, -0.25) is 14.4 Å². The Morgan fingerprint density at radius 1 is 1.24 bits per heavy atom. The summed E-state index contributed by atoms with van der Waals surface area (Å²) >= 11 is 5.37. The number of hydrogen-bond donors (Lipinski definition) is 1. The number of halogens is 1. The Bertz CT molecular complexity index is 1320. The molecule has 6 atom stereocenters. The molecule has 41 heavy (non-hydrogen) atoms. The number of amides is 2. The average molecular weight is 647 g/mol. The number of para-hydroxylation sites is 1. The molecule has 12 heteroatoms. The Morgan fingerprint density at radius 3 is 2.80 bits per heavy atom. The van der Waals surface area contributed by atoms with Crippen LogP contribution in [0.5, 0.6) is 0 Å². The summed E-state index contributed by atoms with van der Waals surface area (Å²) in [6.45, 7) is 8.56. The number of allylic oxidation sites excluding steroid dienone is 1. The molecule has 1 N–H and O–H groups in total. The van der Waals surface area contributed by atoms with Crippen LogP contribution < -0.4 is 0 Å². The van der Waals surface area contributed by atoms with Gasteiger partial charge in [0.1, 0.15) is 18.2 Å². The quantitative estimate of drug-likeness (QED) is 0.144. The number of alkyl halides is 1. The lowest BCUT2D eigenvalue weighted by Crippen LogP contribution is -2.55. The van der Waals surface area contributed by atoms with Gasteiger partial charge in [-0.1, -0.05) is 45.4 Å². The summed E-state index contributed by atoms with van der Waals surface area (Å²) in [5.74, 6) is -2.07. The topological polar surface area (TPSA) is 118 Å². The minimum atomic E-state index is -0.777. The van der Waals surface area contributed by atoms with Crippen molar-refractivity contribution in [1.82, 2.24) is 24.8 Å². The smallest absolute Gasteiger partial charge is 0.310 e. The first-order valence-corrected chi connectivity index (χ1v) is 15.9. The van der Waals surface area contributed by atoms with Gasteiger partial charge in [0.25, 0.3) is 0 Å². The van der Waals surface area contributed by atoms with Gasteiger partial charge in [0, 0.05) is 29.8 Å². The van der Waals surface area contributed by atoms with E-state index in [4.69, 9.17) is 4.74 Å². The number of fused-ring (bicyclic) bond motifs is 2. The minimum absolute atomic E-state index is 0.00284. The van der Waals surface area contributed by atoms with Crippen molar-refractivity contribution >= 4 is 56.5 Å². The van der Waals surface area contributed by atoms with Gasteiger partial charge in [0.2, 0.25) is 11.8 Å². The third-order valence-electron chi connectivity index (χ3n) is 8.29. The molecule has 0 radical (unpaired) electrons. The largest absolute Gasteiger partial charge is 0.465 e. The fourth-order valence-corrected chi connectivity index (χ4v) is 10.1. The molecule has 3 aliphatic rings. The van der Waals surface area contributed by atoms with Crippen molar-refractivity contribution in [2.45, 2.75) is 59.6 Å². The Balaban J connectivity index is 1.47. The number of aliphatic hydroxyl groups is 1. The van der Waals surface area contributed by atoms with Crippen LogP contribution >= 0.6 is 27.7 Å². The van der Waals surface area contributed by atoms with E-state index < -0.39 is 22.6 Å². The number of carbonyl (C=O) groups excluding carboxylic acids is 3. The van der Waals surface area contributed by atoms with Crippen molar-refractivity contribution < 1.29 is 24.2 Å². The first kappa shape index (κ1) is 29.8. The van der Waals surface area contributed by atoms with Gasteiger partial charge in [0.15, 0.2) is 0 Å². The second kappa shape index (κ2) is 12.7. The first-order valence-electron chi connectivity index (χ1n) is 14.1. The van der Waals surface area contributed by atoms with Gasteiger partial charge in [-0.05, 0) is 44.2 Å². The van der Waals surface area contributed by atoms with E-state index in [1.165, 1.54) is 0 Å².